The fourth-order valence-electron chi connectivity index (χ4n) is 0.937. The molecule has 4 nitrogen and oxygen atoms in total. The van der Waals surface area contributed by atoms with Crippen LogP contribution in [-0.2, 0) is 0 Å². The van der Waals surface area contributed by atoms with Gasteiger partial charge in [0.1, 0.15) is 5.69 Å². The van der Waals surface area contributed by atoms with Gasteiger partial charge in [0, 0.05) is 11.0 Å². The highest BCUT2D eigenvalue weighted by atomic mass is 32.2. The van der Waals surface area contributed by atoms with E-state index in [1.807, 2.05) is 0 Å². The highest BCUT2D eigenvalue weighted by Crippen LogP contribution is 2.31. The summed E-state index contributed by atoms with van der Waals surface area (Å²) in [6.07, 6.45) is -4.30. The Labute approximate surface area is 92.8 Å². The zero-order valence-corrected chi connectivity index (χ0v) is 8.64. The first-order valence-corrected chi connectivity index (χ1v) is 5.01. The van der Waals surface area contributed by atoms with Crippen molar-refractivity contribution in [3.05, 3.63) is 28.3 Å². The van der Waals surface area contributed by atoms with E-state index in [4.69, 9.17) is 5.73 Å². The third-order valence-electron chi connectivity index (χ3n) is 1.60. The van der Waals surface area contributed by atoms with E-state index >= 15 is 0 Å². The topological polar surface area (TPSA) is 69.2 Å². The van der Waals surface area contributed by atoms with E-state index in [-0.39, 0.29) is 16.3 Å². The van der Waals surface area contributed by atoms with Crippen molar-refractivity contribution in [2.75, 3.05) is 11.5 Å². The van der Waals surface area contributed by atoms with Crippen LogP contribution in [0.3, 0.4) is 0 Å². The van der Waals surface area contributed by atoms with E-state index in [0.29, 0.717) is 11.8 Å². The second kappa shape index (κ2) is 4.60. The number of nitrogen functional groups attached to an aromatic ring is 1. The van der Waals surface area contributed by atoms with Gasteiger partial charge in [-0.1, -0.05) is 0 Å². The van der Waals surface area contributed by atoms with Gasteiger partial charge in [0.25, 0.3) is 5.69 Å². The maximum absolute atomic E-state index is 11.9. The van der Waals surface area contributed by atoms with Crippen molar-refractivity contribution in [3.8, 4) is 0 Å². The van der Waals surface area contributed by atoms with Crippen molar-refractivity contribution >= 4 is 23.1 Å². The lowest BCUT2D eigenvalue weighted by molar-refractivity contribution is -0.384. The molecule has 0 aliphatic rings. The molecule has 0 bridgehead atoms. The maximum Gasteiger partial charge on any atom is 0.398 e. The van der Waals surface area contributed by atoms with Gasteiger partial charge in [-0.05, 0) is 12.1 Å². The van der Waals surface area contributed by atoms with Gasteiger partial charge in [-0.25, -0.2) is 0 Å². The minimum atomic E-state index is -4.30. The predicted molar refractivity (Wildman–Crippen MR) is 54.3 cm³/mol. The number of hydrogen-bond donors (Lipinski definition) is 1. The van der Waals surface area contributed by atoms with Crippen LogP contribution in [-0.4, -0.2) is 16.9 Å². The van der Waals surface area contributed by atoms with Gasteiger partial charge < -0.3 is 5.73 Å². The number of benzene rings is 1. The summed E-state index contributed by atoms with van der Waals surface area (Å²) in [5.41, 5.74) is 4.85. The number of nitro groups is 1. The monoisotopic (exact) mass is 252 g/mol. The molecule has 0 saturated carbocycles. The highest BCUT2D eigenvalue weighted by Gasteiger charge is 2.27. The van der Waals surface area contributed by atoms with Crippen LogP contribution in [0, 0.1) is 10.1 Å². The number of rotatable bonds is 3. The minimum Gasteiger partial charge on any atom is -0.393 e. The van der Waals surface area contributed by atoms with E-state index in [0.717, 1.165) is 6.07 Å². The number of nitrogens with two attached hydrogens (primary N) is 1. The number of nitrogens with zero attached hydrogens (tertiary/aromatic N) is 1. The molecule has 0 saturated heterocycles. The molecule has 0 aromatic heterocycles. The summed E-state index contributed by atoms with van der Waals surface area (Å²) in [7, 11) is 0. The first-order chi connectivity index (χ1) is 7.29. The number of halogens is 3. The fourth-order valence-corrected chi connectivity index (χ4v) is 1.63. The van der Waals surface area contributed by atoms with E-state index in [1.54, 1.807) is 0 Å². The molecule has 8 heteroatoms. The largest absolute Gasteiger partial charge is 0.398 e. The average molecular weight is 252 g/mol. The lowest BCUT2D eigenvalue weighted by Crippen LogP contribution is -2.10. The molecule has 0 heterocycles. The van der Waals surface area contributed by atoms with Crippen molar-refractivity contribution in [1.82, 2.24) is 0 Å². The Morgan fingerprint density at radius 2 is 2.06 bits per heavy atom. The average Bonchev–Trinajstić information content (AvgIpc) is 2.14. The van der Waals surface area contributed by atoms with E-state index in [2.05, 4.69) is 0 Å². The Kier molecular flexibility index (Phi) is 3.63. The summed E-state index contributed by atoms with van der Waals surface area (Å²) in [5, 5.41) is 10.5. The minimum absolute atomic E-state index is 0.0682. The van der Waals surface area contributed by atoms with Crippen molar-refractivity contribution < 1.29 is 18.1 Å². The first kappa shape index (κ1) is 12.6. The van der Waals surface area contributed by atoms with E-state index < -0.39 is 16.9 Å². The molecule has 0 spiro atoms. The zero-order chi connectivity index (χ0) is 12.3. The molecule has 2 N–H and O–H groups in total. The van der Waals surface area contributed by atoms with Crippen molar-refractivity contribution in [2.45, 2.75) is 11.1 Å². The van der Waals surface area contributed by atoms with Crippen LogP contribution in [0.1, 0.15) is 0 Å². The Hall–Kier alpha value is -1.44. The second-order valence-corrected chi connectivity index (χ2v) is 3.93. The molecular weight excluding hydrogens is 245 g/mol. The Bertz CT molecular complexity index is 409. The first-order valence-electron chi connectivity index (χ1n) is 4.03. The molecule has 0 amide bonds. The molecule has 0 unspecified atom stereocenters. The molecule has 16 heavy (non-hydrogen) atoms. The van der Waals surface area contributed by atoms with Crippen LogP contribution in [0.25, 0.3) is 0 Å². The molecule has 0 radical (unpaired) electrons. The summed E-state index contributed by atoms with van der Waals surface area (Å²) in [6, 6.07) is 3.57. The van der Waals surface area contributed by atoms with E-state index in [1.165, 1.54) is 12.1 Å². The van der Waals surface area contributed by atoms with Gasteiger partial charge >= 0.3 is 6.18 Å². The summed E-state index contributed by atoms with van der Waals surface area (Å²) < 4.78 is 35.7. The van der Waals surface area contributed by atoms with Crippen molar-refractivity contribution in [3.63, 3.8) is 0 Å². The lowest BCUT2D eigenvalue weighted by atomic mass is 10.3. The normalized spacial score (nSPS) is 11.4. The third kappa shape index (κ3) is 3.61. The quantitative estimate of drug-likeness (QED) is 0.388. The lowest BCUT2D eigenvalue weighted by Gasteiger charge is -2.06. The third-order valence-corrected chi connectivity index (χ3v) is 2.66. The molecule has 1 aromatic carbocycles. The van der Waals surface area contributed by atoms with Crippen molar-refractivity contribution in [2.24, 2.45) is 0 Å². The summed E-state index contributed by atoms with van der Waals surface area (Å²) in [4.78, 5) is 9.91. The van der Waals surface area contributed by atoms with Crippen LogP contribution in [0.4, 0.5) is 24.5 Å². The Morgan fingerprint density at radius 1 is 1.44 bits per heavy atom. The number of anilines is 1. The van der Waals surface area contributed by atoms with Gasteiger partial charge in [0.15, 0.2) is 0 Å². The summed E-state index contributed by atoms with van der Waals surface area (Å²) in [6.45, 7) is 0. The van der Waals surface area contributed by atoms with Gasteiger partial charge in [0.2, 0.25) is 0 Å². The molecule has 1 aromatic rings. The number of hydrogen-bond acceptors (Lipinski definition) is 4. The predicted octanol–water partition coefficient (Wildman–Crippen LogP) is 2.83. The SMILES string of the molecule is Nc1ccc(SCC(F)(F)F)cc1[N+](=O)[O-]. The molecule has 0 aliphatic carbocycles. The number of alkyl halides is 3. The van der Waals surface area contributed by atoms with Crippen LogP contribution >= 0.6 is 11.8 Å². The molecular formula is C8H7F3N2O2S. The van der Waals surface area contributed by atoms with Crippen LogP contribution in [0.5, 0.6) is 0 Å². The molecule has 0 atom stereocenters. The van der Waals surface area contributed by atoms with Crippen LogP contribution < -0.4 is 5.73 Å². The standard InChI is InChI=1S/C8H7F3N2O2S/c9-8(10,11)4-16-5-1-2-6(12)7(3-5)13(14)15/h1-3H,4,12H2. The van der Waals surface area contributed by atoms with Gasteiger partial charge in [0.05, 0.1) is 10.7 Å². The number of nitro benzene ring substituents is 1. The molecule has 0 fully saturated rings. The van der Waals surface area contributed by atoms with Gasteiger partial charge in [-0.15, -0.1) is 11.8 Å². The number of thioether (sulfide) groups is 1. The Balaban J connectivity index is 2.83. The highest BCUT2D eigenvalue weighted by molar-refractivity contribution is 7.99. The van der Waals surface area contributed by atoms with Crippen LogP contribution in [0.15, 0.2) is 23.1 Å². The second-order valence-electron chi connectivity index (χ2n) is 2.88. The molecule has 88 valence electrons. The van der Waals surface area contributed by atoms with Gasteiger partial charge in [-0.2, -0.15) is 13.2 Å². The maximum atomic E-state index is 11.9. The smallest absolute Gasteiger partial charge is 0.393 e. The van der Waals surface area contributed by atoms with E-state index in [9.17, 15) is 23.3 Å². The Morgan fingerprint density at radius 3 is 2.56 bits per heavy atom. The fraction of sp³-hybridized carbons (Fsp3) is 0.250. The van der Waals surface area contributed by atoms with Gasteiger partial charge in [-0.3, -0.25) is 10.1 Å². The van der Waals surface area contributed by atoms with Crippen molar-refractivity contribution in [1.29, 1.82) is 0 Å². The molecule has 0 aliphatic heterocycles. The van der Waals surface area contributed by atoms with Crippen LogP contribution in [0.2, 0.25) is 0 Å². The zero-order valence-electron chi connectivity index (χ0n) is 7.82. The molecule has 1 rings (SSSR count). The summed E-state index contributed by atoms with van der Waals surface area (Å²) in [5.74, 6) is -1.09. The summed E-state index contributed by atoms with van der Waals surface area (Å²) >= 11 is 0.483.